The fraction of sp³-hybridized carbons (Fsp3) is 0.762. The van der Waals surface area contributed by atoms with Gasteiger partial charge in [0.05, 0.1) is 25.4 Å². The molecule has 160 valence electrons. The number of ether oxygens (including phenoxy) is 1. The quantitative estimate of drug-likeness (QED) is 0.559. The molecule has 0 amide bonds. The topological polar surface area (TPSA) is 71.8 Å². The van der Waals surface area contributed by atoms with Crippen LogP contribution in [0.15, 0.2) is 10.7 Å². The lowest BCUT2D eigenvalue weighted by Crippen LogP contribution is -2.53. The molecule has 1 aromatic rings. The Bertz CT molecular complexity index is 721. The van der Waals surface area contributed by atoms with Crippen LogP contribution in [0, 0.1) is 12.3 Å². The van der Waals surface area contributed by atoms with Gasteiger partial charge >= 0.3 is 0 Å². The third-order valence-electron chi connectivity index (χ3n) is 7.11. The van der Waals surface area contributed by atoms with Crippen molar-refractivity contribution in [1.29, 1.82) is 0 Å². The molecule has 0 radical (unpaired) electrons. The largest absolute Gasteiger partial charge is 0.494 e. The SMILES string of the molecule is COc1c(C(O[Si](C)(C)C(C)(C)C)C2(C)CCCC2(O)CO)ncc(Br)c1C. The minimum Gasteiger partial charge on any atom is -0.494 e. The lowest BCUT2D eigenvalue weighted by atomic mass is 9.70. The van der Waals surface area contributed by atoms with Gasteiger partial charge in [0.25, 0.3) is 0 Å². The highest BCUT2D eigenvalue weighted by molar-refractivity contribution is 9.10. The first-order valence-electron chi connectivity index (χ1n) is 9.94. The fourth-order valence-corrected chi connectivity index (χ4v) is 5.48. The summed E-state index contributed by atoms with van der Waals surface area (Å²) < 4.78 is 13.5. The first-order valence-corrected chi connectivity index (χ1v) is 13.6. The van der Waals surface area contributed by atoms with Crippen molar-refractivity contribution in [3.05, 3.63) is 21.9 Å². The number of pyridine rings is 1. The second-order valence-corrected chi connectivity index (χ2v) is 15.5. The maximum atomic E-state index is 11.3. The summed E-state index contributed by atoms with van der Waals surface area (Å²) in [6.45, 7) is 14.7. The zero-order valence-electron chi connectivity index (χ0n) is 18.5. The average Bonchev–Trinajstić information content (AvgIpc) is 2.90. The van der Waals surface area contributed by atoms with Crippen molar-refractivity contribution in [2.75, 3.05) is 13.7 Å². The average molecular weight is 475 g/mol. The molecular formula is C21H36BrNO4Si. The summed E-state index contributed by atoms with van der Waals surface area (Å²) >= 11 is 3.53. The molecule has 3 unspecified atom stereocenters. The van der Waals surface area contributed by atoms with E-state index in [-0.39, 0.29) is 11.6 Å². The molecule has 1 aliphatic carbocycles. The summed E-state index contributed by atoms with van der Waals surface area (Å²) in [5.74, 6) is 0.673. The number of aliphatic hydroxyl groups excluding tert-OH is 1. The molecule has 28 heavy (non-hydrogen) atoms. The molecule has 3 atom stereocenters. The number of nitrogens with zero attached hydrogens (tertiary/aromatic N) is 1. The van der Waals surface area contributed by atoms with E-state index in [2.05, 4.69) is 49.8 Å². The van der Waals surface area contributed by atoms with Gasteiger partial charge in [0, 0.05) is 21.6 Å². The predicted molar refractivity (Wildman–Crippen MR) is 118 cm³/mol. The highest BCUT2D eigenvalue weighted by atomic mass is 79.9. The van der Waals surface area contributed by atoms with E-state index >= 15 is 0 Å². The molecule has 1 saturated carbocycles. The van der Waals surface area contributed by atoms with Crippen LogP contribution in [-0.4, -0.2) is 42.8 Å². The minimum absolute atomic E-state index is 0.00477. The van der Waals surface area contributed by atoms with E-state index in [1.165, 1.54) is 0 Å². The van der Waals surface area contributed by atoms with Gasteiger partial charge in [-0.2, -0.15) is 0 Å². The standard InChI is InChI=1S/C21H36BrNO4Si/c1-14-15(22)12-23-16(17(14)26-6)18(27-28(7,8)19(2,3)4)20(5)10-9-11-21(20,25)13-24/h12,18,24-25H,9-11,13H2,1-8H3. The van der Waals surface area contributed by atoms with Crippen LogP contribution >= 0.6 is 15.9 Å². The van der Waals surface area contributed by atoms with Crippen molar-refractivity contribution >= 4 is 24.2 Å². The summed E-state index contributed by atoms with van der Waals surface area (Å²) in [4.78, 5) is 4.70. The second kappa shape index (κ2) is 7.98. The number of hydrogen-bond acceptors (Lipinski definition) is 5. The van der Waals surface area contributed by atoms with E-state index in [1.54, 1.807) is 13.3 Å². The predicted octanol–water partition coefficient (Wildman–Crippen LogP) is 5.14. The van der Waals surface area contributed by atoms with Crippen molar-refractivity contribution in [3.63, 3.8) is 0 Å². The van der Waals surface area contributed by atoms with Crippen LogP contribution in [0.1, 0.15) is 64.3 Å². The van der Waals surface area contributed by atoms with Crippen LogP contribution in [0.4, 0.5) is 0 Å². The van der Waals surface area contributed by atoms with E-state index in [0.29, 0.717) is 17.9 Å². The highest BCUT2D eigenvalue weighted by Crippen LogP contribution is 2.58. The van der Waals surface area contributed by atoms with Crippen LogP contribution in [0.3, 0.4) is 0 Å². The van der Waals surface area contributed by atoms with Gasteiger partial charge in [0.2, 0.25) is 0 Å². The Balaban J connectivity index is 2.70. The second-order valence-electron chi connectivity index (χ2n) is 9.87. The van der Waals surface area contributed by atoms with Crippen LogP contribution in [0.2, 0.25) is 18.1 Å². The number of halogens is 1. The van der Waals surface area contributed by atoms with Crippen molar-refractivity contribution < 1.29 is 19.4 Å². The molecule has 0 bridgehead atoms. The van der Waals surface area contributed by atoms with Gasteiger partial charge in [0.15, 0.2) is 8.32 Å². The lowest BCUT2D eigenvalue weighted by molar-refractivity contribution is -0.137. The van der Waals surface area contributed by atoms with Crippen LogP contribution in [0.25, 0.3) is 0 Å². The van der Waals surface area contributed by atoms with Crippen LogP contribution in [-0.2, 0) is 4.43 Å². The molecule has 0 aromatic carbocycles. The van der Waals surface area contributed by atoms with E-state index < -0.39 is 25.4 Å². The minimum atomic E-state index is -2.21. The molecule has 2 N–H and O–H groups in total. The Hall–Kier alpha value is -0.473. The zero-order chi connectivity index (χ0) is 21.5. The fourth-order valence-electron chi connectivity index (χ4n) is 3.89. The van der Waals surface area contributed by atoms with Crippen molar-refractivity contribution in [2.45, 2.75) is 83.7 Å². The lowest BCUT2D eigenvalue weighted by Gasteiger charge is -2.49. The number of methoxy groups -OCH3 is 1. The van der Waals surface area contributed by atoms with E-state index in [4.69, 9.17) is 14.1 Å². The molecule has 1 heterocycles. The van der Waals surface area contributed by atoms with Gasteiger partial charge in [-0.05, 0) is 60.2 Å². The third-order valence-corrected chi connectivity index (χ3v) is 12.3. The first kappa shape index (κ1) is 23.8. The van der Waals surface area contributed by atoms with E-state index in [9.17, 15) is 10.2 Å². The molecular weight excluding hydrogens is 438 g/mol. The summed E-state index contributed by atoms with van der Waals surface area (Å²) in [5, 5.41) is 21.4. The van der Waals surface area contributed by atoms with Crippen molar-refractivity contribution in [2.24, 2.45) is 5.41 Å². The Labute approximate surface area is 179 Å². The zero-order valence-corrected chi connectivity index (χ0v) is 21.1. The van der Waals surface area contributed by atoms with Gasteiger partial charge in [-0.3, -0.25) is 4.98 Å². The molecule has 5 nitrogen and oxygen atoms in total. The smallest absolute Gasteiger partial charge is 0.193 e. The van der Waals surface area contributed by atoms with Gasteiger partial charge < -0.3 is 19.4 Å². The van der Waals surface area contributed by atoms with Gasteiger partial charge in [-0.15, -0.1) is 0 Å². The molecule has 0 saturated heterocycles. The van der Waals surface area contributed by atoms with Gasteiger partial charge in [0.1, 0.15) is 11.4 Å². The van der Waals surface area contributed by atoms with Gasteiger partial charge in [-0.25, -0.2) is 0 Å². The van der Waals surface area contributed by atoms with Gasteiger partial charge in [-0.1, -0.05) is 27.7 Å². The number of aliphatic hydroxyl groups is 2. The normalized spacial score (nSPS) is 27.1. The molecule has 2 rings (SSSR count). The Morgan fingerprint density at radius 1 is 1.32 bits per heavy atom. The van der Waals surface area contributed by atoms with Crippen LogP contribution < -0.4 is 4.74 Å². The third kappa shape index (κ3) is 3.93. The molecule has 7 heteroatoms. The summed E-state index contributed by atoms with van der Waals surface area (Å²) in [5.41, 5.74) is -0.235. The molecule has 1 aliphatic rings. The maximum absolute atomic E-state index is 11.3. The van der Waals surface area contributed by atoms with Crippen LogP contribution in [0.5, 0.6) is 5.75 Å². The summed E-state index contributed by atoms with van der Waals surface area (Å²) in [7, 11) is -0.570. The Morgan fingerprint density at radius 3 is 2.43 bits per heavy atom. The highest BCUT2D eigenvalue weighted by Gasteiger charge is 2.58. The Morgan fingerprint density at radius 2 is 1.93 bits per heavy atom. The van der Waals surface area contributed by atoms with Crippen molar-refractivity contribution in [1.82, 2.24) is 4.98 Å². The molecule has 0 aliphatic heterocycles. The summed E-state index contributed by atoms with van der Waals surface area (Å²) in [6.07, 6.45) is 3.43. The van der Waals surface area contributed by atoms with E-state index in [1.807, 2.05) is 13.8 Å². The first-order chi connectivity index (χ1) is 12.7. The monoisotopic (exact) mass is 473 g/mol. The number of aromatic nitrogens is 1. The Kier molecular flexibility index (Phi) is 6.79. The molecule has 1 fully saturated rings. The maximum Gasteiger partial charge on any atom is 0.193 e. The summed E-state index contributed by atoms with van der Waals surface area (Å²) in [6, 6.07) is 0. The number of hydrogen-bond donors (Lipinski definition) is 2. The van der Waals surface area contributed by atoms with Crippen molar-refractivity contribution in [3.8, 4) is 5.75 Å². The number of rotatable bonds is 6. The molecule has 0 spiro atoms. The van der Waals surface area contributed by atoms with E-state index in [0.717, 1.165) is 22.9 Å². The molecule has 1 aromatic heterocycles.